The maximum atomic E-state index is 4.69. The first kappa shape index (κ1) is 13.3. The highest BCUT2D eigenvalue weighted by molar-refractivity contribution is 14.1. The molecule has 0 N–H and O–H groups in total. The molecule has 1 nitrogen and oxygen atoms in total. The quantitative estimate of drug-likeness (QED) is 0.482. The van der Waals surface area contributed by atoms with Crippen LogP contribution in [0.5, 0.6) is 0 Å². The van der Waals surface area contributed by atoms with Gasteiger partial charge < -0.3 is 0 Å². The largest absolute Gasteiger partial charge is 0.261 e. The first-order chi connectivity index (χ1) is 8.96. The first-order valence-corrected chi connectivity index (χ1v) is 8.00. The molecule has 19 heavy (non-hydrogen) atoms. The number of hydrogen-bond acceptors (Lipinski definition) is 1. The highest BCUT2D eigenvalue weighted by Gasteiger charge is 2.57. The molecule has 3 atom stereocenters. The Balaban J connectivity index is 1.88. The van der Waals surface area contributed by atoms with Gasteiger partial charge in [-0.3, -0.25) is 4.99 Å². The summed E-state index contributed by atoms with van der Waals surface area (Å²) < 4.78 is 1.59. The lowest BCUT2D eigenvalue weighted by atomic mass is 9.75. The van der Waals surface area contributed by atoms with E-state index in [1.165, 1.54) is 12.8 Å². The highest BCUT2D eigenvalue weighted by Crippen LogP contribution is 2.67. The molecule has 0 saturated heterocycles. The van der Waals surface area contributed by atoms with Crippen LogP contribution in [-0.2, 0) is 0 Å². The fourth-order valence-electron chi connectivity index (χ4n) is 3.91. The molecule has 0 spiro atoms. The van der Waals surface area contributed by atoms with Gasteiger partial charge in [-0.05, 0) is 68.9 Å². The molecule has 3 rings (SSSR count). The Labute approximate surface area is 129 Å². The summed E-state index contributed by atoms with van der Waals surface area (Å²) in [5.41, 5.74) is 3.37. The minimum atomic E-state index is 0.323. The fraction of sp³-hybridized carbons (Fsp3) is 0.471. The monoisotopic (exact) mass is 365 g/mol. The molecule has 2 heteroatoms. The molecule has 0 amide bonds. The molecule has 2 aliphatic carbocycles. The van der Waals surface area contributed by atoms with Crippen molar-refractivity contribution in [1.29, 1.82) is 0 Å². The van der Waals surface area contributed by atoms with Crippen LogP contribution in [0.4, 0.5) is 5.69 Å². The topological polar surface area (TPSA) is 12.4 Å². The summed E-state index contributed by atoms with van der Waals surface area (Å²) >= 11 is 2.56. The Morgan fingerprint density at radius 2 is 1.95 bits per heavy atom. The number of fused-ring (bicyclic) bond motifs is 2. The highest BCUT2D eigenvalue weighted by atomic mass is 127. The Bertz CT molecular complexity index is 560. The maximum Gasteiger partial charge on any atom is 0.0625 e. The van der Waals surface area contributed by atoms with Crippen LogP contribution in [0.15, 0.2) is 44.5 Å². The van der Waals surface area contributed by atoms with Gasteiger partial charge >= 0.3 is 0 Å². The third-order valence-electron chi connectivity index (χ3n) is 5.12. The van der Waals surface area contributed by atoms with Gasteiger partial charge in [0.1, 0.15) is 0 Å². The molecular formula is C17H20IN. The van der Waals surface area contributed by atoms with Crippen LogP contribution in [0, 0.1) is 16.7 Å². The van der Waals surface area contributed by atoms with Crippen molar-refractivity contribution in [2.75, 3.05) is 0 Å². The summed E-state index contributed by atoms with van der Waals surface area (Å²) in [5.74, 6) is 0.580. The summed E-state index contributed by atoms with van der Waals surface area (Å²) in [7, 11) is 0. The number of aliphatic imine (C=N–C) groups is 1. The maximum absolute atomic E-state index is 4.69. The molecule has 2 aliphatic rings. The van der Waals surface area contributed by atoms with E-state index in [-0.39, 0.29) is 0 Å². The molecular weight excluding hydrogens is 345 g/mol. The SMILES string of the molecule is CC1=C(I)C2(C)CC(/C=N/c3ccccc3)C1(C)C2. The van der Waals surface area contributed by atoms with Gasteiger partial charge in [-0.1, -0.05) is 37.6 Å². The van der Waals surface area contributed by atoms with Crippen LogP contribution in [0.25, 0.3) is 0 Å². The van der Waals surface area contributed by atoms with Gasteiger partial charge in [-0.25, -0.2) is 0 Å². The van der Waals surface area contributed by atoms with Crippen LogP contribution < -0.4 is 0 Å². The Morgan fingerprint density at radius 3 is 2.53 bits per heavy atom. The van der Waals surface area contributed by atoms with Crippen molar-refractivity contribution >= 4 is 34.5 Å². The third-order valence-corrected chi connectivity index (χ3v) is 7.23. The van der Waals surface area contributed by atoms with E-state index >= 15 is 0 Å². The molecule has 2 bridgehead atoms. The number of allylic oxidation sites excluding steroid dienone is 2. The Hall–Kier alpha value is -0.640. The molecule has 0 aliphatic heterocycles. The van der Waals surface area contributed by atoms with Gasteiger partial charge in [0.2, 0.25) is 0 Å². The summed E-state index contributed by atoms with van der Waals surface area (Å²) in [6.07, 6.45) is 4.73. The van der Waals surface area contributed by atoms with Gasteiger partial charge in [-0.2, -0.15) is 0 Å². The molecule has 1 aromatic rings. The van der Waals surface area contributed by atoms with Crippen LogP contribution in [0.3, 0.4) is 0 Å². The van der Waals surface area contributed by atoms with E-state index in [2.05, 4.69) is 61.7 Å². The second-order valence-corrected chi connectivity index (χ2v) is 7.60. The first-order valence-electron chi connectivity index (χ1n) is 6.92. The minimum absolute atomic E-state index is 0.323. The smallest absolute Gasteiger partial charge is 0.0625 e. The second-order valence-electron chi connectivity index (χ2n) is 6.52. The predicted molar refractivity (Wildman–Crippen MR) is 90.3 cm³/mol. The summed E-state index contributed by atoms with van der Waals surface area (Å²) in [6.45, 7) is 7.15. The number of benzene rings is 1. The van der Waals surface area contributed by atoms with Gasteiger partial charge in [0.25, 0.3) is 0 Å². The zero-order valence-corrected chi connectivity index (χ0v) is 13.9. The molecule has 1 fully saturated rings. The number of hydrogen-bond donors (Lipinski definition) is 0. The average Bonchev–Trinajstić information content (AvgIpc) is 2.77. The molecule has 100 valence electrons. The molecule has 0 aromatic heterocycles. The van der Waals surface area contributed by atoms with Crippen molar-refractivity contribution in [3.8, 4) is 0 Å². The lowest BCUT2D eigenvalue weighted by molar-refractivity contribution is 0.365. The van der Waals surface area contributed by atoms with Gasteiger partial charge in [0.15, 0.2) is 0 Å². The number of para-hydroxylation sites is 1. The van der Waals surface area contributed by atoms with Crippen LogP contribution >= 0.6 is 22.6 Å². The summed E-state index contributed by atoms with van der Waals surface area (Å²) in [5, 5.41) is 0. The number of halogens is 1. The van der Waals surface area contributed by atoms with E-state index in [9.17, 15) is 0 Å². The van der Waals surface area contributed by atoms with Crippen molar-refractivity contribution in [3.63, 3.8) is 0 Å². The van der Waals surface area contributed by atoms with Crippen molar-refractivity contribution in [3.05, 3.63) is 39.5 Å². The van der Waals surface area contributed by atoms with Crippen molar-refractivity contribution in [2.45, 2.75) is 33.6 Å². The summed E-state index contributed by atoms with van der Waals surface area (Å²) in [4.78, 5) is 4.69. The Morgan fingerprint density at radius 1 is 1.26 bits per heavy atom. The standard InChI is InChI=1S/C17H20IN/c1-12-15(18)16(2)9-13(17(12,3)11-16)10-19-14-7-5-4-6-8-14/h4-8,10,13H,9,11H2,1-3H3/b19-10+. The normalized spacial score (nSPS) is 37.6. The molecule has 3 unspecified atom stereocenters. The van der Waals surface area contributed by atoms with Gasteiger partial charge in [0.05, 0.1) is 5.69 Å². The number of nitrogens with zero attached hydrogens (tertiary/aromatic N) is 1. The fourth-order valence-corrected chi connectivity index (χ4v) is 4.94. The third kappa shape index (κ3) is 1.99. The van der Waals surface area contributed by atoms with E-state index in [1.54, 1.807) is 9.15 Å². The molecule has 0 radical (unpaired) electrons. The van der Waals surface area contributed by atoms with E-state index in [1.807, 2.05) is 18.2 Å². The molecule has 0 heterocycles. The van der Waals surface area contributed by atoms with Crippen LogP contribution in [-0.4, -0.2) is 6.21 Å². The molecule has 1 aromatic carbocycles. The van der Waals surface area contributed by atoms with Crippen molar-refractivity contribution in [2.24, 2.45) is 21.7 Å². The van der Waals surface area contributed by atoms with E-state index < -0.39 is 0 Å². The minimum Gasteiger partial charge on any atom is -0.261 e. The van der Waals surface area contributed by atoms with Crippen molar-refractivity contribution in [1.82, 2.24) is 0 Å². The lowest BCUT2D eigenvalue weighted by Gasteiger charge is -2.32. The van der Waals surface area contributed by atoms with Crippen molar-refractivity contribution < 1.29 is 0 Å². The zero-order valence-electron chi connectivity index (χ0n) is 11.8. The van der Waals surface area contributed by atoms with Gasteiger partial charge in [-0.15, -0.1) is 0 Å². The molecule has 1 saturated carbocycles. The van der Waals surface area contributed by atoms with E-state index in [4.69, 9.17) is 4.99 Å². The average molecular weight is 365 g/mol. The van der Waals surface area contributed by atoms with E-state index in [0.29, 0.717) is 16.7 Å². The van der Waals surface area contributed by atoms with Crippen LogP contribution in [0.1, 0.15) is 33.6 Å². The summed E-state index contributed by atoms with van der Waals surface area (Å²) in [6, 6.07) is 10.3. The van der Waals surface area contributed by atoms with E-state index in [0.717, 1.165) is 5.69 Å². The Kier molecular flexibility index (Phi) is 3.12. The number of rotatable bonds is 2. The zero-order chi connectivity index (χ0) is 13.7. The van der Waals surface area contributed by atoms with Crippen LogP contribution in [0.2, 0.25) is 0 Å². The second kappa shape index (κ2) is 4.44. The van der Waals surface area contributed by atoms with Gasteiger partial charge in [0, 0.05) is 12.1 Å². The lowest BCUT2D eigenvalue weighted by Crippen LogP contribution is -2.25. The predicted octanol–water partition coefficient (Wildman–Crippen LogP) is 5.53.